The van der Waals surface area contributed by atoms with Crippen LogP contribution in [0.3, 0.4) is 0 Å². The number of hydrogen-bond acceptors (Lipinski definition) is 7. The molecule has 0 radical (unpaired) electrons. The van der Waals surface area contributed by atoms with E-state index in [2.05, 4.69) is 5.32 Å². The molecular formula is C34H45N3O7S. The zero-order valence-corrected chi connectivity index (χ0v) is 28.4. The number of amides is 2. The van der Waals surface area contributed by atoms with Gasteiger partial charge in [-0.1, -0.05) is 25.1 Å². The molecule has 0 fully saturated rings. The summed E-state index contributed by atoms with van der Waals surface area (Å²) in [5, 5.41) is 2.98. The molecule has 244 valence electrons. The Morgan fingerprint density at radius 1 is 0.844 bits per heavy atom. The third-order valence-corrected chi connectivity index (χ3v) is 8.88. The van der Waals surface area contributed by atoms with Crippen molar-refractivity contribution < 1.29 is 32.2 Å². The van der Waals surface area contributed by atoms with Crippen LogP contribution in [-0.2, 0) is 26.2 Å². The average molecular weight is 640 g/mol. The fraction of sp³-hybridized carbons (Fsp3) is 0.412. The molecule has 11 heteroatoms. The molecule has 3 rings (SSSR count). The molecule has 3 aromatic rings. The molecule has 3 aromatic carbocycles. The van der Waals surface area contributed by atoms with Crippen molar-refractivity contribution in [2.75, 3.05) is 32.2 Å². The van der Waals surface area contributed by atoms with Crippen LogP contribution in [-0.4, -0.2) is 64.6 Å². The van der Waals surface area contributed by atoms with E-state index in [9.17, 15) is 18.0 Å². The van der Waals surface area contributed by atoms with E-state index in [1.54, 1.807) is 31.4 Å². The number of nitrogens with zero attached hydrogens (tertiary/aromatic N) is 2. The molecule has 0 aliphatic heterocycles. The highest BCUT2D eigenvalue weighted by Gasteiger charge is 2.35. The molecule has 0 aliphatic carbocycles. The number of benzene rings is 3. The van der Waals surface area contributed by atoms with Crippen LogP contribution in [0.5, 0.6) is 17.2 Å². The summed E-state index contributed by atoms with van der Waals surface area (Å²) in [4.78, 5) is 29.3. The quantitative estimate of drug-likeness (QED) is 0.272. The first-order chi connectivity index (χ1) is 21.1. The van der Waals surface area contributed by atoms with Crippen molar-refractivity contribution in [3.8, 4) is 17.2 Å². The van der Waals surface area contributed by atoms with Crippen molar-refractivity contribution >= 4 is 27.5 Å². The van der Waals surface area contributed by atoms with E-state index in [-0.39, 0.29) is 23.1 Å². The molecule has 0 spiro atoms. The van der Waals surface area contributed by atoms with E-state index in [1.807, 2.05) is 59.7 Å². The van der Waals surface area contributed by atoms with Crippen molar-refractivity contribution in [3.63, 3.8) is 0 Å². The Morgan fingerprint density at radius 3 is 1.96 bits per heavy atom. The Kier molecular flexibility index (Phi) is 11.5. The van der Waals surface area contributed by atoms with Crippen LogP contribution in [0.25, 0.3) is 0 Å². The van der Waals surface area contributed by atoms with Gasteiger partial charge in [0.05, 0.1) is 31.9 Å². The topological polar surface area (TPSA) is 114 Å². The zero-order chi connectivity index (χ0) is 33.5. The predicted molar refractivity (Wildman–Crippen MR) is 176 cm³/mol. The summed E-state index contributed by atoms with van der Waals surface area (Å²) in [5.74, 6) is 0.386. The Hall–Kier alpha value is -4.25. The molecule has 0 saturated heterocycles. The van der Waals surface area contributed by atoms with Gasteiger partial charge in [-0.15, -0.1) is 0 Å². The minimum atomic E-state index is -4.30. The highest BCUT2D eigenvalue weighted by atomic mass is 32.2. The van der Waals surface area contributed by atoms with E-state index in [0.717, 1.165) is 21.0 Å². The van der Waals surface area contributed by atoms with Crippen molar-refractivity contribution in [1.82, 2.24) is 10.2 Å². The maximum Gasteiger partial charge on any atom is 0.264 e. The van der Waals surface area contributed by atoms with Crippen molar-refractivity contribution in [2.45, 2.75) is 71.0 Å². The highest BCUT2D eigenvalue weighted by molar-refractivity contribution is 7.92. The van der Waals surface area contributed by atoms with Gasteiger partial charge in [0.2, 0.25) is 11.8 Å². The van der Waals surface area contributed by atoms with E-state index in [4.69, 9.17) is 14.2 Å². The molecule has 2 amide bonds. The van der Waals surface area contributed by atoms with Crippen molar-refractivity contribution in [1.29, 1.82) is 0 Å². The number of sulfonamides is 1. The summed E-state index contributed by atoms with van der Waals surface area (Å²) >= 11 is 0. The van der Waals surface area contributed by atoms with Gasteiger partial charge in [0.1, 0.15) is 18.3 Å². The summed E-state index contributed by atoms with van der Waals surface area (Å²) in [6, 6.07) is 16.0. The largest absolute Gasteiger partial charge is 0.497 e. The van der Waals surface area contributed by atoms with Crippen molar-refractivity contribution in [3.05, 3.63) is 77.4 Å². The van der Waals surface area contributed by atoms with Crippen LogP contribution in [0.4, 0.5) is 5.69 Å². The summed E-state index contributed by atoms with van der Waals surface area (Å²) < 4.78 is 45.7. The molecule has 0 saturated carbocycles. The SMILES string of the molecule is CCC(C(=O)NC(C)(C)C)N(Cc1ccc(OC)cc1)C(=O)CN(c1cc(C)cc(C)c1)S(=O)(=O)c1ccc(OC)c(OC)c1. The smallest absolute Gasteiger partial charge is 0.264 e. The van der Waals surface area contributed by atoms with Gasteiger partial charge in [-0.2, -0.15) is 0 Å². The van der Waals surface area contributed by atoms with Crippen molar-refractivity contribution in [2.24, 2.45) is 0 Å². The number of aryl methyl sites for hydroxylation is 2. The number of carbonyl (C=O) groups excluding carboxylic acids is 2. The molecular weight excluding hydrogens is 594 g/mol. The molecule has 1 unspecified atom stereocenters. The lowest BCUT2D eigenvalue weighted by molar-refractivity contribution is -0.141. The number of carbonyl (C=O) groups is 2. The molecule has 45 heavy (non-hydrogen) atoms. The van der Waals surface area contributed by atoms with Gasteiger partial charge in [-0.05, 0) is 94.1 Å². The van der Waals surface area contributed by atoms with Gasteiger partial charge in [0.15, 0.2) is 11.5 Å². The van der Waals surface area contributed by atoms with E-state index in [0.29, 0.717) is 23.6 Å². The third kappa shape index (κ3) is 8.91. The Bertz CT molecular complexity index is 1580. The van der Waals surface area contributed by atoms with E-state index in [1.165, 1.54) is 37.3 Å². The van der Waals surface area contributed by atoms with Crippen LogP contribution in [0.15, 0.2) is 65.6 Å². The number of hydrogen-bond donors (Lipinski definition) is 1. The van der Waals surface area contributed by atoms with Gasteiger partial charge in [0.25, 0.3) is 10.0 Å². The second kappa shape index (κ2) is 14.7. The molecule has 0 aliphatic rings. The molecule has 0 heterocycles. The van der Waals surface area contributed by atoms with Crippen LogP contribution in [0.2, 0.25) is 0 Å². The summed E-state index contributed by atoms with van der Waals surface area (Å²) in [5.41, 5.74) is 2.20. The predicted octanol–water partition coefficient (Wildman–Crippen LogP) is 5.25. The fourth-order valence-corrected chi connectivity index (χ4v) is 6.44. The highest BCUT2D eigenvalue weighted by Crippen LogP contribution is 2.33. The minimum absolute atomic E-state index is 0.0775. The normalized spacial score (nSPS) is 12.2. The number of nitrogens with one attached hydrogen (secondary N) is 1. The monoisotopic (exact) mass is 639 g/mol. The second-order valence-corrected chi connectivity index (χ2v) is 13.8. The van der Waals surface area contributed by atoms with Crippen LogP contribution in [0, 0.1) is 13.8 Å². The Labute approximate surface area is 267 Å². The molecule has 1 N–H and O–H groups in total. The maximum atomic E-state index is 14.4. The van der Waals surface area contributed by atoms with Gasteiger partial charge < -0.3 is 24.4 Å². The molecule has 1 atom stereocenters. The number of rotatable bonds is 13. The summed E-state index contributed by atoms with van der Waals surface area (Å²) in [7, 11) is 0.144. The van der Waals surface area contributed by atoms with E-state index < -0.39 is 34.1 Å². The average Bonchev–Trinajstić information content (AvgIpc) is 2.98. The summed E-state index contributed by atoms with van der Waals surface area (Å²) in [6.45, 7) is 10.7. The lowest BCUT2D eigenvalue weighted by atomic mass is 10.1. The van der Waals surface area contributed by atoms with Gasteiger partial charge in [0, 0.05) is 18.2 Å². The Balaban J connectivity index is 2.14. The van der Waals surface area contributed by atoms with Crippen LogP contribution >= 0.6 is 0 Å². The number of ether oxygens (including phenoxy) is 3. The first-order valence-corrected chi connectivity index (χ1v) is 16.1. The van der Waals surface area contributed by atoms with Gasteiger partial charge >= 0.3 is 0 Å². The number of methoxy groups -OCH3 is 3. The minimum Gasteiger partial charge on any atom is -0.497 e. The second-order valence-electron chi connectivity index (χ2n) is 11.9. The third-order valence-electron chi connectivity index (χ3n) is 7.11. The van der Waals surface area contributed by atoms with Gasteiger partial charge in [-0.3, -0.25) is 13.9 Å². The summed E-state index contributed by atoms with van der Waals surface area (Å²) in [6.07, 6.45) is 0.315. The maximum absolute atomic E-state index is 14.4. The molecule has 0 aromatic heterocycles. The van der Waals surface area contributed by atoms with E-state index >= 15 is 0 Å². The number of anilines is 1. The fourth-order valence-electron chi connectivity index (χ4n) is 5.03. The first kappa shape index (κ1) is 35.2. The van der Waals surface area contributed by atoms with Gasteiger partial charge in [-0.25, -0.2) is 8.42 Å². The standard InChI is InChI=1S/C34H45N3O7S/c1-10-29(33(39)35-34(4,5)6)36(21-25-11-13-27(42-7)14-12-25)32(38)22-37(26-18-23(2)17-24(3)19-26)45(40,41)28-15-16-30(43-8)31(20-28)44-9/h11-20,29H,10,21-22H2,1-9H3,(H,35,39). The lowest BCUT2D eigenvalue weighted by Gasteiger charge is -2.35. The molecule has 0 bridgehead atoms. The lowest BCUT2D eigenvalue weighted by Crippen LogP contribution is -2.55. The zero-order valence-electron chi connectivity index (χ0n) is 27.6. The first-order valence-electron chi connectivity index (χ1n) is 14.7. The molecule has 10 nitrogen and oxygen atoms in total. The van der Waals surface area contributed by atoms with Crippen LogP contribution in [0.1, 0.15) is 50.8 Å². The Morgan fingerprint density at radius 2 is 1.44 bits per heavy atom. The van der Waals surface area contributed by atoms with Crippen LogP contribution < -0.4 is 23.8 Å².